The van der Waals surface area contributed by atoms with Gasteiger partial charge in [0.1, 0.15) is 11.5 Å². The molecule has 0 aliphatic carbocycles. The van der Waals surface area contributed by atoms with E-state index in [2.05, 4.69) is 29.8 Å². The van der Waals surface area contributed by atoms with E-state index in [0.29, 0.717) is 9.50 Å². The van der Waals surface area contributed by atoms with Gasteiger partial charge in [-0.25, -0.2) is 0 Å². The molecule has 0 unspecified atom stereocenters. The Balaban J connectivity index is 2.56. The van der Waals surface area contributed by atoms with Crippen LogP contribution in [0.4, 0.5) is 0 Å². The highest BCUT2D eigenvalue weighted by atomic mass is 79.9. The van der Waals surface area contributed by atoms with Crippen molar-refractivity contribution in [2.45, 2.75) is 19.3 Å². The molecule has 100 valence electrons. The lowest BCUT2D eigenvalue weighted by molar-refractivity contribution is 0.474. The molecule has 0 saturated heterocycles. The van der Waals surface area contributed by atoms with Crippen LogP contribution in [0.1, 0.15) is 25.0 Å². The van der Waals surface area contributed by atoms with E-state index in [1.807, 2.05) is 18.2 Å². The summed E-state index contributed by atoms with van der Waals surface area (Å²) in [6, 6.07) is 10.5. The van der Waals surface area contributed by atoms with Crippen LogP contribution in [-0.2, 0) is 5.41 Å². The number of hydrogen-bond acceptors (Lipinski definition) is 2. The number of phenolic OH excluding ortho intramolecular Hbond substituents is 2. The largest absolute Gasteiger partial charge is 0.508 e. The van der Waals surface area contributed by atoms with Crippen LogP contribution in [0.3, 0.4) is 0 Å². The number of hydrogen-bond donors (Lipinski definition) is 2. The van der Waals surface area contributed by atoms with Crippen molar-refractivity contribution in [3.8, 4) is 11.5 Å². The van der Waals surface area contributed by atoms with E-state index in [9.17, 15) is 10.2 Å². The number of phenols is 2. The third kappa shape index (κ3) is 2.58. The third-order valence-electron chi connectivity index (χ3n) is 3.32. The second kappa shape index (κ2) is 5.06. The van der Waals surface area contributed by atoms with E-state index in [1.54, 1.807) is 18.2 Å². The Morgan fingerprint density at radius 1 is 1.00 bits per heavy atom. The maximum absolute atomic E-state index is 9.60. The summed E-state index contributed by atoms with van der Waals surface area (Å²) in [6.45, 7) is 4.12. The van der Waals surface area contributed by atoms with Gasteiger partial charge >= 0.3 is 0 Å². The lowest BCUT2D eigenvalue weighted by Crippen LogP contribution is -2.19. The summed E-state index contributed by atoms with van der Waals surface area (Å²) in [7, 11) is 0. The van der Waals surface area contributed by atoms with Crippen LogP contribution in [0, 0.1) is 0 Å². The van der Waals surface area contributed by atoms with Crippen LogP contribution in [0.25, 0.3) is 0 Å². The smallest absolute Gasteiger partial charge is 0.135 e. The van der Waals surface area contributed by atoms with Crippen molar-refractivity contribution >= 4 is 27.5 Å². The van der Waals surface area contributed by atoms with Gasteiger partial charge in [-0.15, -0.1) is 0 Å². The summed E-state index contributed by atoms with van der Waals surface area (Å²) in [5.74, 6) is 0.293. The minimum atomic E-state index is -0.302. The van der Waals surface area contributed by atoms with Gasteiger partial charge in [0.25, 0.3) is 0 Å². The molecule has 0 aromatic heterocycles. The molecule has 0 aliphatic heterocycles. The maximum Gasteiger partial charge on any atom is 0.135 e. The van der Waals surface area contributed by atoms with Gasteiger partial charge in [0, 0.05) is 9.89 Å². The van der Waals surface area contributed by atoms with Gasteiger partial charge in [0.05, 0.1) is 5.02 Å². The molecule has 0 saturated carbocycles. The summed E-state index contributed by atoms with van der Waals surface area (Å²) < 4.78 is 0.687. The minimum absolute atomic E-state index is 0.0544. The molecule has 19 heavy (non-hydrogen) atoms. The Hall–Kier alpha value is -1.19. The van der Waals surface area contributed by atoms with Crippen molar-refractivity contribution in [1.82, 2.24) is 0 Å². The fraction of sp³-hybridized carbons (Fsp3) is 0.200. The number of aromatic hydroxyl groups is 2. The average Bonchev–Trinajstić information content (AvgIpc) is 2.36. The molecule has 0 spiro atoms. The zero-order valence-corrected chi connectivity index (χ0v) is 13.0. The van der Waals surface area contributed by atoms with E-state index in [4.69, 9.17) is 11.6 Å². The Morgan fingerprint density at radius 2 is 1.58 bits per heavy atom. The topological polar surface area (TPSA) is 40.5 Å². The standard InChI is InChI=1S/C15H14BrClO2/c1-15(2,9-3-5-10(18)6-4-9)11-7-8-12(19)14(17)13(11)16/h3-8,18-19H,1-2H3. The normalized spacial score (nSPS) is 11.6. The summed E-state index contributed by atoms with van der Waals surface area (Å²) in [6.07, 6.45) is 0. The highest BCUT2D eigenvalue weighted by Gasteiger charge is 2.27. The second-order valence-electron chi connectivity index (χ2n) is 4.93. The average molecular weight is 342 g/mol. The fourth-order valence-electron chi connectivity index (χ4n) is 2.06. The lowest BCUT2D eigenvalue weighted by atomic mass is 9.78. The molecule has 2 nitrogen and oxygen atoms in total. The molecule has 2 rings (SSSR count). The first-order valence-electron chi connectivity index (χ1n) is 5.81. The first-order valence-corrected chi connectivity index (χ1v) is 6.98. The number of halogens is 2. The molecular weight excluding hydrogens is 328 g/mol. The molecule has 0 amide bonds. The van der Waals surface area contributed by atoms with Crippen LogP contribution in [0.5, 0.6) is 11.5 Å². The number of benzene rings is 2. The summed E-state index contributed by atoms with van der Waals surface area (Å²) in [5, 5.41) is 19.3. The van der Waals surface area contributed by atoms with Gasteiger partial charge in [-0.1, -0.05) is 43.6 Å². The maximum atomic E-state index is 9.60. The Morgan fingerprint density at radius 3 is 2.16 bits per heavy atom. The predicted octanol–water partition coefficient (Wildman–Crippen LogP) is 4.84. The van der Waals surface area contributed by atoms with E-state index in [0.717, 1.165) is 11.1 Å². The molecule has 2 N–H and O–H groups in total. The Labute approximate surface area is 125 Å². The van der Waals surface area contributed by atoms with Gasteiger partial charge in [0.15, 0.2) is 0 Å². The Kier molecular flexibility index (Phi) is 3.79. The van der Waals surface area contributed by atoms with Crippen molar-refractivity contribution in [3.05, 3.63) is 57.0 Å². The van der Waals surface area contributed by atoms with Crippen molar-refractivity contribution in [3.63, 3.8) is 0 Å². The second-order valence-corrected chi connectivity index (χ2v) is 6.10. The van der Waals surface area contributed by atoms with Crippen molar-refractivity contribution in [2.75, 3.05) is 0 Å². The van der Waals surface area contributed by atoms with E-state index in [1.165, 1.54) is 0 Å². The SMILES string of the molecule is CC(C)(c1ccc(O)cc1)c1ccc(O)c(Cl)c1Br. The lowest BCUT2D eigenvalue weighted by Gasteiger charge is -2.28. The monoisotopic (exact) mass is 340 g/mol. The highest BCUT2D eigenvalue weighted by Crippen LogP contribution is 2.42. The summed E-state index contributed by atoms with van der Waals surface area (Å²) in [4.78, 5) is 0. The molecule has 0 heterocycles. The molecule has 4 heteroatoms. The van der Waals surface area contributed by atoms with Crippen LogP contribution < -0.4 is 0 Å². The fourth-order valence-corrected chi connectivity index (χ4v) is 3.05. The number of rotatable bonds is 2. The first-order chi connectivity index (χ1) is 8.84. The molecule has 2 aromatic rings. The highest BCUT2D eigenvalue weighted by molar-refractivity contribution is 9.10. The molecule has 0 aliphatic rings. The quantitative estimate of drug-likeness (QED) is 0.820. The third-order valence-corrected chi connectivity index (χ3v) is 4.76. The minimum Gasteiger partial charge on any atom is -0.508 e. The molecule has 0 radical (unpaired) electrons. The van der Waals surface area contributed by atoms with E-state index in [-0.39, 0.29) is 16.9 Å². The zero-order chi connectivity index (χ0) is 14.2. The predicted molar refractivity (Wildman–Crippen MR) is 81.1 cm³/mol. The van der Waals surface area contributed by atoms with Crippen molar-refractivity contribution in [2.24, 2.45) is 0 Å². The summed E-state index contributed by atoms with van der Waals surface area (Å²) >= 11 is 9.50. The molecule has 0 atom stereocenters. The van der Waals surface area contributed by atoms with E-state index >= 15 is 0 Å². The van der Waals surface area contributed by atoms with Crippen LogP contribution in [-0.4, -0.2) is 10.2 Å². The van der Waals surface area contributed by atoms with Crippen LogP contribution in [0.15, 0.2) is 40.9 Å². The van der Waals surface area contributed by atoms with Crippen molar-refractivity contribution < 1.29 is 10.2 Å². The van der Waals surface area contributed by atoms with Gasteiger partial charge in [-0.05, 0) is 45.3 Å². The molecular formula is C15H14BrClO2. The van der Waals surface area contributed by atoms with Gasteiger partial charge in [-0.2, -0.15) is 0 Å². The summed E-state index contributed by atoms with van der Waals surface area (Å²) in [5.41, 5.74) is 1.72. The zero-order valence-electron chi connectivity index (χ0n) is 10.6. The van der Waals surface area contributed by atoms with Crippen LogP contribution in [0.2, 0.25) is 5.02 Å². The van der Waals surface area contributed by atoms with Gasteiger partial charge < -0.3 is 10.2 Å². The van der Waals surface area contributed by atoms with Gasteiger partial charge in [-0.3, -0.25) is 0 Å². The molecule has 0 bridgehead atoms. The van der Waals surface area contributed by atoms with E-state index < -0.39 is 0 Å². The first kappa shape index (κ1) is 14.2. The molecule has 2 aromatic carbocycles. The Bertz CT molecular complexity index is 606. The van der Waals surface area contributed by atoms with Crippen molar-refractivity contribution in [1.29, 1.82) is 0 Å². The molecule has 0 fully saturated rings. The van der Waals surface area contributed by atoms with Crippen LogP contribution >= 0.6 is 27.5 Å². The van der Waals surface area contributed by atoms with Gasteiger partial charge in [0.2, 0.25) is 0 Å².